The number of esters is 1. The van der Waals surface area contributed by atoms with Crippen LogP contribution in [-0.2, 0) is 20.7 Å². The molecule has 9 heteroatoms. The number of aryl methyl sites for hydroxylation is 1. The molecule has 2 aliphatic rings. The number of hydrogen-bond donors (Lipinski definition) is 0. The summed E-state index contributed by atoms with van der Waals surface area (Å²) < 4.78 is 11.0. The van der Waals surface area contributed by atoms with Gasteiger partial charge < -0.3 is 14.4 Å². The molecule has 1 aliphatic heterocycles. The highest BCUT2D eigenvalue weighted by molar-refractivity contribution is 5.96. The second-order valence-electron chi connectivity index (χ2n) is 10.4. The Morgan fingerprint density at radius 3 is 2.67 bits per heavy atom. The Hall–Kier alpha value is -4.14. The Balaban J connectivity index is 1.25. The normalized spacial score (nSPS) is 14.4. The number of nitrogens with zero attached hydrogens (tertiary/aromatic N) is 4. The SMILES string of the molecule is CCN(C(=O)OC(=O)C1CC1)n1cc(-c2cccc3c2CCCN3C(=O)CCCOc2cccc(C)c2C)cn1. The summed E-state index contributed by atoms with van der Waals surface area (Å²) in [6, 6.07) is 12.0. The predicted octanol–water partition coefficient (Wildman–Crippen LogP) is 5.34. The van der Waals surface area contributed by atoms with Crippen molar-refractivity contribution in [3.63, 3.8) is 0 Å². The molecule has 0 N–H and O–H groups in total. The molecule has 2 aromatic carbocycles. The van der Waals surface area contributed by atoms with Crippen LogP contribution in [0.4, 0.5) is 10.5 Å². The summed E-state index contributed by atoms with van der Waals surface area (Å²) in [5.41, 5.74) is 6.11. The summed E-state index contributed by atoms with van der Waals surface area (Å²) in [5.74, 6) is 0.306. The number of rotatable bonds is 9. The highest BCUT2D eigenvalue weighted by atomic mass is 16.6. The molecule has 0 saturated heterocycles. The van der Waals surface area contributed by atoms with E-state index in [-0.39, 0.29) is 11.8 Å². The van der Waals surface area contributed by atoms with E-state index in [1.54, 1.807) is 19.3 Å². The van der Waals surface area contributed by atoms with Crippen LogP contribution in [0.25, 0.3) is 11.1 Å². The number of aromatic nitrogens is 2. The van der Waals surface area contributed by atoms with E-state index >= 15 is 0 Å². The van der Waals surface area contributed by atoms with E-state index in [1.807, 2.05) is 42.2 Å². The molecular formula is C31H36N4O5. The summed E-state index contributed by atoms with van der Waals surface area (Å²) in [6.07, 6.45) is 6.99. The van der Waals surface area contributed by atoms with E-state index in [0.29, 0.717) is 32.5 Å². The maximum atomic E-state index is 13.3. The smallest absolute Gasteiger partial charge is 0.438 e. The number of benzene rings is 2. The second kappa shape index (κ2) is 11.9. The fraction of sp³-hybridized carbons (Fsp3) is 0.419. The van der Waals surface area contributed by atoms with Gasteiger partial charge in [-0.3, -0.25) is 9.59 Å². The molecule has 3 aromatic rings. The van der Waals surface area contributed by atoms with Crippen molar-refractivity contribution >= 4 is 23.7 Å². The lowest BCUT2D eigenvalue weighted by Gasteiger charge is -2.31. The van der Waals surface area contributed by atoms with Gasteiger partial charge in [-0.2, -0.15) is 14.9 Å². The molecule has 2 amide bonds. The standard InChI is InChI=1S/C31H36N4O5/c1-4-34(31(38)40-30(37)23-15-16-23)35-20-24(19-32-35)25-10-6-12-27-26(25)11-7-17-33(27)29(36)14-8-18-39-28-13-5-9-21(2)22(28)3/h5-6,9-10,12-13,19-20,23H,4,7-8,11,14-18H2,1-3H3. The van der Waals surface area contributed by atoms with E-state index < -0.39 is 12.1 Å². The van der Waals surface area contributed by atoms with Crippen LogP contribution in [-0.4, -0.2) is 47.6 Å². The highest BCUT2D eigenvalue weighted by Gasteiger charge is 2.34. The Morgan fingerprint density at radius 2 is 1.90 bits per heavy atom. The van der Waals surface area contributed by atoms with Gasteiger partial charge >= 0.3 is 12.1 Å². The lowest BCUT2D eigenvalue weighted by molar-refractivity contribution is -0.138. The molecule has 210 valence electrons. The average Bonchev–Trinajstić information content (AvgIpc) is 3.71. The van der Waals surface area contributed by atoms with Crippen molar-refractivity contribution in [2.24, 2.45) is 5.92 Å². The maximum Gasteiger partial charge on any atom is 0.438 e. The largest absolute Gasteiger partial charge is 0.493 e. The molecule has 0 spiro atoms. The molecule has 0 atom stereocenters. The minimum atomic E-state index is -0.734. The van der Waals surface area contributed by atoms with Crippen LogP contribution in [0.3, 0.4) is 0 Å². The number of fused-ring (bicyclic) bond motifs is 1. The molecule has 2 heterocycles. The summed E-state index contributed by atoms with van der Waals surface area (Å²) in [4.78, 5) is 41.1. The van der Waals surface area contributed by atoms with Gasteiger partial charge in [-0.25, -0.2) is 4.79 Å². The van der Waals surface area contributed by atoms with Gasteiger partial charge in [0.05, 0.1) is 24.9 Å². The summed E-state index contributed by atoms with van der Waals surface area (Å²) in [6.45, 7) is 7.36. The molecule has 1 fully saturated rings. The van der Waals surface area contributed by atoms with Crippen molar-refractivity contribution < 1.29 is 23.9 Å². The van der Waals surface area contributed by atoms with Gasteiger partial charge in [0.25, 0.3) is 0 Å². The van der Waals surface area contributed by atoms with E-state index in [0.717, 1.165) is 59.4 Å². The third-order valence-electron chi connectivity index (χ3n) is 7.64. The van der Waals surface area contributed by atoms with Crippen LogP contribution in [0.5, 0.6) is 5.75 Å². The summed E-state index contributed by atoms with van der Waals surface area (Å²) >= 11 is 0. The molecule has 5 rings (SSSR count). The molecule has 0 unspecified atom stereocenters. The van der Waals surface area contributed by atoms with Crippen LogP contribution >= 0.6 is 0 Å². The Bertz CT molecular complexity index is 1410. The monoisotopic (exact) mass is 544 g/mol. The number of ether oxygens (including phenoxy) is 2. The zero-order chi connectivity index (χ0) is 28.2. The average molecular weight is 545 g/mol. The first kappa shape index (κ1) is 27.4. The Kier molecular flexibility index (Phi) is 8.19. The van der Waals surface area contributed by atoms with Crippen LogP contribution in [0.15, 0.2) is 48.8 Å². The van der Waals surface area contributed by atoms with Crippen molar-refractivity contribution in [3.8, 4) is 16.9 Å². The molecule has 0 radical (unpaired) electrons. The van der Waals surface area contributed by atoms with Gasteiger partial charge in [-0.1, -0.05) is 24.3 Å². The Morgan fingerprint density at radius 1 is 1.10 bits per heavy atom. The van der Waals surface area contributed by atoms with E-state index in [1.165, 1.54) is 15.4 Å². The number of carbonyl (C=O) groups is 3. The third kappa shape index (κ3) is 5.88. The summed E-state index contributed by atoms with van der Waals surface area (Å²) in [7, 11) is 0. The van der Waals surface area contributed by atoms with Crippen LogP contribution < -0.4 is 14.6 Å². The van der Waals surface area contributed by atoms with E-state index in [4.69, 9.17) is 9.47 Å². The second-order valence-corrected chi connectivity index (χ2v) is 10.4. The number of hydrogen-bond acceptors (Lipinski definition) is 6. The maximum absolute atomic E-state index is 13.3. The van der Waals surface area contributed by atoms with Gasteiger partial charge in [0, 0.05) is 30.8 Å². The lowest BCUT2D eigenvalue weighted by atomic mass is 9.93. The van der Waals surface area contributed by atoms with Gasteiger partial charge in [0.2, 0.25) is 5.91 Å². The highest BCUT2D eigenvalue weighted by Crippen LogP contribution is 2.36. The van der Waals surface area contributed by atoms with Gasteiger partial charge in [-0.15, -0.1) is 0 Å². The topological polar surface area (TPSA) is 94.0 Å². The molecule has 9 nitrogen and oxygen atoms in total. The molecular weight excluding hydrogens is 508 g/mol. The number of amides is 2. The zero-order valence-corrected chi connectivity index (χ0v) is 23.4. The first-order valence-corrected chi connectivity index (χ1v) is 14.1. The lowest BCUT2D eigenvalue weighted by Crippen LogP contribution is -2.42. The van der Waals surface area contributed by atoms with Crippen molar-refractivity contribution in [1.82, 2.24) is 9.89 Å². The van der Waals surface area contributed by atoms with Gasteiger partial charge in [0.15, 0.2) is 0 Å². The Labute approximate surface area is 234 Å². The fourth-order valence-corrected chi connectivity index (χ4v) is 5.06. The van der Waals surface area contributed by atoms with Crippen LogP contribution in [0.2, 0.25) is 0 Å². The zero-order valence-electron chi connectivity index (χ0n) is 23.4. The molecule has 40 heavy (non-hydrogen) atoms. The molecule has 1 aromatic heterocycles. The van der Waals surface area contributed by atoms with Crippen molar-refractivity contribution in [3.05, 3.63) is 65.5 Å². The van der Waals surface area contributed by atoms with E-state index in [2.05, 4.69) is 18.1 Å². The first-order chi connectivity index (χ1) is 19.4. The quantitative estimate of drug-likeness (QED) is 0.205. The van der Waals surface area contributed by atoms with E-state index in [9.17, 15) is 14.4 Å². The number of anilines is 1. The molecule has 1 aliphatic carbocycles. The minimum Gasteiger partial charge on any atom is -0.493 e. The molecule has 1 saturated carbocycles. The van der Waals surface area contributed by atoms with Gasteiger partial charge in [0.1, 0.15) is 5.75 Å². The number of carbonyl (C=O) groups excluding carboxylic acids is 3. The van der Waals surface area contributed by atoms with Crippen molar-refractivity contribution in [2.75, 3.05) is 29.6 Å². The third-order valence-corrected chi connectivity index (χ3v) is 7.64. The minimum absolute atomic E-state index is 0.0820. The van der Waals surface area contributed by atoms with Crippen molar-refractivity contribution in [2.45, 2.75) is 59.3 Å². The van der Waals surface area contributed by atoms with Crippen LogP contribution in [0.1, 0.15) is 55.7 Å². The summed E-state index contributed by atoms with van der Waals surface area (Å²) in [5, 5.41) is 5.67. The van der Waals surface area contributed by atoms with Gasteiger partial charge in [-0.05, 0) is 87.3 Å². The fourth-order valence-electron chi connectivity index (χ4n) is 5.06. The van der Waals surface area contributed by atoms with Crippen LogP contribution in [0, 0.1) is 19.8 Å². The predicted molar refractivity (Wildman–Crippen MR) is 152 cm³/mol. The molecule has 0 bridgehead atoms. The first-order valence-electron chi connectivity index (χ1n) is 14.1. The van der Waals surface area contributed by atoms with Crippen molar-refractivity contribution in [1.29, 1.82) is 0 Å².